The summed E-state index contributed by atoms with van der Waals surface area (Å²) in [4.78, 5) is 4.39. The van der Waals surface area contributed by atoms with Gasteiger partial charge in [-0.2, -0.15) is 0 Å². The molecule has 0 saturated heterocycles. The molecule has 2 rings (SSSR count). The smallest absolute Gasteiger partial charge is 0.222 e. The normalized spacial score (nSPS) is 11.2. The number of nitrogens with one attached hydrogen (secondary N) is 1. The molecule has 4 nitrogen and oxygen atoms in total. The lowest BCUT2D eigenvalue weighted by Gasteiger charge is -2.16. The lowest BCUT2D eigenvalue weighted by Crippen LogP contribution is -2.30. The molecule has 2 N–H and O–H groups in total. The lowest BCUT2D eigenvalue weighted by molar-refractivity contribution is 0.0131. The number of hydrogen-bond acceptors (Lipinski definition) is 2. The molecular formula is C16H19N3O. The molecule has 0 aliphatic heterocycles. The fourth-order valence-corrected chi connectivity index (χ4v) is 1.74. The number of hydrogen-bond donors (Lipinski definition) is 2. The van der Waals surface area contributed by atoms with Gasteiger partial charge in [-0.1, -0.05) is 48.0 Å². The Bertz CT molecular complexity index is 562. The summed E-state index contributed by atoms with van der Waals surface area (Å²) in [5, 5.41) is 13.7. The van der Waals surface area contributed by atoms with Crippen LogP contribution in [0.5, 0.6) is 0 Å². The van der Waals surface area contributed by atoms with E-state index in [1.807, 2.05) is 61.5 Å². The van der Waals surface area contributed by atoms with Gasteiger partial charge in [0.25, 0.3) is 0 Å². The van der Waals surface area contributed by atoms with Gasteiger partial charge >= 0.3 is 0 Å². The molecule has 0 aliphatic rings. The summed E-state index contributed by atoms with van der Waals surface area (Å²) < 4.78 is 0. The Labute approximate surface area is 119 Å². The number of nitrogens with zero attached hydrogens (tertiary/aromatic N) is 2. The van der Waals surface area contributed by atoms with E-state index in [2.05, 4.69) is 10.3 Å². The molecule has 0 bridgehead atoms. The van der Waals surface area contributed by atoms with E-state index in [1.165, 1.54) is 5.56 Å². The topological polar surface area (TPSA) is 47.9 Å². The summed E-state index contributed by atoms with van der Waals surface area (Å²) in [6.45, 7) is 2.55. The Kier molecular flexibility index (Phi) is 4.74. The van der Waals surface area contributed by atoms with Gasteiger partial charge in [0.2, 0.25) is 5.96 Å². The molecule has 0 radical (unpaired) electrons. The number of aliphatic imine (C=N–C) groups is 1. The number of guanidine groups is 1. The maximum atomic E-state index is 9.65. The minimum atomic E-state index is 0.415. The van der Waals surface area contributed by atoms with Crippen LogP contribution in [0.2, 0.25) is 0 Å². The Morgan fingerprint density at radius 1 is 1.10 bits per heavy atom. The molecule has 0 saturated carbocycles. The number of aryl methyl sites for hydroxylation is 1. The third kappa shape index (κ3) is 4.10. The highest BCUT2D eigenvalue weighted by atomic mass is 16.5. The molecular weight excluding hydrogens is 250 g/mol. The first-order valence-corrected chi connectivity index (χ1v) is 6.50. The van der Waals surface area contributed by atoms with Crippen LogP contribution in [0.15, 0.2) is 59.6 Å². The van der Waals surface area contributed by atoms with Crippen LogP contribution in [0.3, 0.4) is 0 Å². The van der Waals surface area contributed by atoms with Crippen molar-refractivity contribution in [1.29, 1.82) is 0 Å². The van der Waals surface area contributed by atoms with Crippen LogP contribution in [0.4, 0.5) is 5.69 Å². The molecule has 0 atom stereocenters. The van der Waals surface area contributed by atoms with Crippen LogP contribution >= 0.6 is 0 Å². The standard InChI is InChI=1S/C16H19N3O/c1-13-8-10-15(11-9-13)18-16(19(2)20)17-12-14-6-4-3-5-7-14/h3-11,20H,12H2,1-2H3,(H,17,18). The zero-order valence-corrected chi connectivity index (χ0v) is 11.7. The fourth-order valence-electron chi connectivity index (χ4n) is 1.74. The monoisotopic (exact) mass is 269 g/mol. The van der Waals surface area contributed by atoms with Crippen LogP contribution in [-0.4, -0.2) is 23.3 Å². The maximum Gasteiger partial charge on any atom is 0.222 e. The molecule has 0 heterocycles. The fraction of sp³-hybridized carbons (Fsp3) is 0.188. The highest BCUT2D eigenvalue weighted by Crippen LogP contribution is 2.09. The quantitative estimate of drug-likeness (QED) is 0.510. The summed E-state index contributed by atoms with van der Waals surface area (Å²) >= 11 is 0. The van der Waals surface area contributed by atoms with E-state index in [0.717, 1.165) is 16.3 Å². The van der Waals surface area contributed by atoms with E-state index in [-0.39, 0.29) is 0 Å². The van der Waals surface area contributed by atoms with Crippen LogP contribution in [0.1, 0.15) is 11.1 Å². The van der Waals surface area contributed by atoms with Crippen LogP contribution < -0.4 is 5.32 Å². The summed E-state index contributed by atoms with van der Waals surface area (Å²) in [6, 6.07) is 17.9. The van der Waals surface area contributed by atoms with E-state index in [9.17, 15) is 5.21 Å². The first kappa shape index (κ1) is 14.1. The molecule has 2 aromatic rings. The molecule has 0 unspecified atom stereocenters. The molecule has 2 aromatic carbocycles. The maximum absolute atomic E-state index is 9.65. The third-order valence-electron chi connectivity index (χ3n) is 2.87. The first-order valence-electron chi connectivity index (χ1n) is 6.50. The number of rotatable bonds is 3. The Hall–Kier alpha value is -2.33. The SMILES string of the molecule is Cc1ccc(NC(=NCc2ccccc2)N(C)O)cc1. The Morgan fingerprint density at radius 2 is 1.75 bits per heavy atom. The first-order chi connectivity index (χ1) is 9.65. The van der Waals surface area contributed by atoms with Crippen LogP contribution in [0.25, 0.3) is 0 Å². The van der Waals surface area contributed by atoms with E-state index in [1.54, 1.807) is 7.05 Å². The second-order valence-electron chi connectivity index (χ2n) is 4.64. The molecule has 104 valence electrons. The van der Waals surface area contributed by atoms with E-state index >= 15 is 0 Å². The van der Waals surface area contributed by atoms with Crippen molar-refractivity contribution in [1.82, 2.24) is 5.06 Å². The lowest BCUT2D eigenvalue weighted by atomic mass is 10.2. The summed E-state index contributed by atoms with van der Waals surface area (Å²) in [5.41, 5.74) is 3.18. The Balaban J connectivity index is 2.09. The second kappa shape index (κ2) is 6.73. The average Bonchev–Trinajstić information content (AvgIpc) is 2.46. The highest BCUT2D eigenvalue weighted by molar-refractivity contribution is 5.92. The van der Waals surface area contributed by atoms with Crippen molar-refractivity contribution in [2.45, 2.75) is 13.5 Å². The van der Waals surface area contributed by atoms with E-state index in [0.29, 0.717) is 12.5 Å². The van der Waals surface area contributed by atoms with Gasteiger partial charge < -0.3 is 5.32 Å². The third-order valence-corrected chi connectivity index (χ3v) is 2.87. The molecule has 0 aromatic heterocycles. The predicted octanol–water partition coefficient (Wildman–Crippen LogP) is 3.28. The minimum Gasteiger partial charge on any atom is -0.324 e. The van der Waals surface area contributed by atoms with Crippen molar-refractivity contribution in [3.05, 3.63) is 65.7 Å². The van der Waals surface area contributed by atoms with Crippen molar-refractivity contribution >= 4 is 11.6 Å². The van der Waals surface area contributed by atoms with Gasteiger partial charge in [0, 0.05) is 12.7 Å². The highest BCUT2D eigenvalue weighted by Gasteiger charge is 2.04. The van der Waals surface area contributed by atoms with Gasteiger partial charge in [-0.05, 0) is 24.6 Å². The van der Waals surface area contributed by atoms with Crippen molar-refractivity contribution in [3.8, 4) is 0 Å². The van der Waals surface area contributed by atoms with Gasteiger partial charge in [0.1, 0.15) is 0 Å². The molecule has 20 heavy (non-hydrogen) atoms. The van der Waals surface area contributed by atoms with Gasteiger partial charge in [-0.25, -0.2) is 10.1 Å². The van der Waals surface area contributed by atoms with Crippen LogP contribution in [0, 0.1) is 6.92 Å². The molecule has 0 fully saturated rings. The van der Waals surface area contributed by atoms with E-state index in [4.69, 9.17) is 0 Å². The predicted molar refractivity (Wildman–Crippen MR) is 81.9 cm³/mol. The van der Waals surface area contributed by atoms with Gasteiger partial charge in [-0.3, -0.25) is 5.21 Å². The second-order valence-corrected chi connectivity index (χ2v) is 4.64. The van der Waals surface area contributed by atoms with Gasteiger partial charge in [0.05, 0.1) is 6.54 Å². The zero-order valence-electron chi connectivity index (χ0n) is 11.7. The average molecular weight is 269 g/mol. The Morgan fingerprint density at radius 3 is 2.35 bits per heavy atom. The summed E-state index contributed by atoms with van der Waals surface area (Å²) in [7, 11) is 1.55. The minimum absolute atomic E-state index is 0.415. The number of benzene rings is 2. The molecule has 0 spiro atoms. The zero-order chi connectivity index (χ0) is 14.4. The van der Waals surface area contributed by atoms with Crippen molar-refractivity contribution in [3.63, 3.8) is 0 Å². The number of anilines is 1. The molecule has 4 heteroatoms. The summed E-state index contributed by atoms with van der Waals surface area (Å²) in [6.07, 6.45) is 0. The molecule has 0 amide bonds. The van der Waals surface area contributed by atoms with Crippen LogP contribution in [-0.2, 0) is 6.54 Å². The van der Waals surface area contributed by atoms with Crippen molar-refractivity contribution in [2.24, 2.45) is 4.99 Å². The van der Waals surface area contributed by atoms with Crippen molar-refractivity contribution < 1.29 is 5.21 Å². The summed E-state index contributed by atoms with van der Waals surface area (Å²) in [5.74, 6) is 0.415. The van der Waals surface area contributed by atoms with E-state index < -0.39 is 0 Å². The van der Waals surface area contributed by atoms with Crippen molar-refractivity contribution in [2.75, 3.05) is 12.4 Å². The van der Waals surface area contributed by atoms with Gasteiger partial charge in [-0.15, -0.1) is 0 Å². The number of hydroxylamine groups is 2. The largest absolute Gasteiger partial charge is 0.324 e. The molecule has 0 aliphatic carbocycles. The van der Waals surface area contributed by atoms with Gasteiger partial charge in [0.15, 0.2) is 0 Å².